The molecule has 0 rings (SSSR count). The van der Waals surface area contributed by atoms with E-state index in [-0.39, 0.29) is 37.6 Å². The van der Waals surface area contributed by atoms with Crippen LogP contribution in [0.15, 0.2) is 0 Å². The Hall–Kier alpha value is -1.77. The van der Waals surface area contributed by atoms with Crippen molar-refractivity contribution in [2.45, 2.75) is 78.3 Å². The van der Waals surface area contributed by atoms with Gasteiger partial charge in [0.2, 0.25) is 5.91 Å². The summed E-state index contributed by atoms with van der Waals surface area (Å²) in [5.41, 5.74) is 0. The first kappa shape index (κ1) is 28.2. The lowest BCUT2D eigenvalue weighted by atomic mass is 10.2. The van der Waals surface area contributed by atoms with Gasteiger partial charge in [-0.05, 0) is 40.5 Å². The highest BCUT2D eigenvalue weighted by atomic mass is 31.2. The number of ether oxygens (including phenoxy) is 1. The van der Waals surface area contributed by atoms with Crippen molar-refractivity contribution in [1.29, 1.82) is 10.5 Å². The quantitative estimate of drug-likeness (QED) is 0.206. The van der Waals surface area contributed by atoms with E-state index in [9.17, 15) is 9.59 Å². The zero-order chi connectivity index (χ0) is 22.8. The van der Waals surface area contributed by atoms with Crippen molar-refractivity contribution in [3.63, 3.8) is 0 Å². The first-order valence-corrected chi connectivity index (χ1v) is 11.5. The lowest BCUT2D eigenvalue weighted by Gasteiger charge is -2.35. The van der Waals surface area contributed by atoms with Crippen LogP contribution in [0.3, 0.4) is 0 Å². The molecule has 1 N–H and O–H groups in total. The first-order chi connectivity index (χ1) is 14.3. The molecule has 0 aliphatic heterocycles. The van der Waals surface area contributed by atoms with Gasteiger partial charge in [-0.25, -0.2) is 4.67 Å². The van der Waals surface area contributed by atoms with Gasteiger partial charge in [-0.15, -0.1) is 0 Å². The van der Waals surface area contributed by atoms with Crippen molar-refractivity contribution >= 4 is 20.4 Å². The number of carbonyl (C=O) groups is 2. The van der Waals surface area contributed by atoms with E-state index in [2.05, 4.69) is 43.8 Å². The second-order valence-electron chi connectivity index (χ2n) is 7.10. The highest BCUT2D eigenvalue weighted by molar-refractivity contribution is 7.44. The molecule has 0 spiro atoms. The van der Waals surface area contributed by atoms with Gasteiger partial charge in [-0.3, -0.25) is 9.59 Å². The molecule has 0 saturated heterocycles. The number of unbranched alkanes of at least 4 members (excludes halogenated alkanes) is 2. The van der Waals surface area contributed by atoms with Crippen molar-refractivity contribution in [2.75, 3.05) is 26.4 Å². The smallest absolute Gasteiger partial charge is 0.325 e. The highest BCUT2D eigenvalue weighted by Crippen LogP contribution is 2.46. The summed E-state index contributed by atoms with van der Waals surface area (Å²) in [6.45, 7) is 9.07. The van der Waals surface area contributed by atoms with Gasteiger partial charge in [0.25, 0.3) is 8.53 Å². The van der Waals surface area contributed by atoms with Gasteiger partial charge in [0, 0.05) is 18.5 Å². The summed E-state index contributed by atoms with van der Waals surface area (Å²) in [4.78, 5) is 23.1. The van der Waals surface area contributed by atoms with Crippen LogP contribution in [-0.2, 0) is 23.4 Å². The first-order valence-electron chi connectivity index (χ1n) is 10.3. The van der Waals surface area contributed by atoms with Crippen LogP contribution in [-0.4, -0.2) is 55.0 Å². The topological polar surface area (TPSA) is 125 Å². The van der Waals surface area contributed by atoms with E-state index >= 15 is 0 Å². The summed E-state index contributed by atoms with van der Waals surface area (Å²) in [6, 6.07) is 4.46. The number of hydrogen-bond acceptors (Lipinski definition) is 8. The van der Waals surface area contributed by atoms with E-state index in [0.717, 1.165) is 12.8 Å². The fraction of sp³-hybridized carbons (Fsp3) is 0.800. The van der Waals surface area contributed by atoms with Gasteiger partial charge < -0.3 is 19.1 Å². The van der Waals surface area contributed by atoms with Gasteiger partial charge in [0.05, 0.1) is 38.2 Å². The Morgan fingerprint density at radius 2 is 1.53 bits per heavy atom. The molecule has 9 nitrogen and oxygen atoms in total. The Balaban J connectivity index is 4.10. The maximum Gasteiger partial charge on any atom is 0.325 e. The molecular formula is C20H35N4O5P. The summed E-state index contributed by atoms with van der Waals surface area (Å²) in [5, 5.41) is 19.6. The number of nitrogens with zero attached hydrogens (tertiary/aromatic N) is 3. The number of nitrogens with one attached hydrogen (secondary N) is 1. The molecule has 1 unspecified atom stereocenters. The van der Waals surface area contributed by atoms with Crippen molar-refractivity contribution < 1.29 is 23.4 Å². The summed E-state index contributed by atoms with van der Waals surface area (Å²) in [7, 11) is -1.24. The number of hydrogen-bond donors (Lipinski definition) is 1. The van der Waals surface area contributed by atoms with Crippen LogP contribution in [0.1, 0.15) is 66.2 Å². The Morgan fingerprint density at radius 3 is 2.13 bits per heavy atom. The fourth-order valence-electron chi connectivity index (χ4n) is 2.54. The number of carbonyl (C=O) groups excluding carboxylic acids is 2. The number of rotatable bonds is 17. The molecular weight excluding hydrogens is 407 g/mol. The SMILES string of the molecule is CC(C)N(C(C)C)P(OCCC#N)OCCCCCC(=O)NCC(=O)OCCC#N. The monoisotopic (exact) mass is 442 g/mol. The maximum absolute atomic E-state index is 11.8. The molecule has 1 atom stereocenters. The van der Waals surface area contributed by atoms with Crippen LogP contribution in [0.4, 0.5) is 0 Å². The Bertz CT molecular complexity index is 567. The van der Waals surface area contributed by atoms with Crippen LogP contribution < -0.4 is 5.32 Å². The molecule has 170 valence electrons. The summed E-state index contributed by atoms with van der Waals surface area (Å²) in [5.74, 6) is -0.752. The average molecular weight is 442 g/mol. The molecule has 0 bridgehead atoms. The normalized spacial score (nSPS) is 11.9. The second kappa shape index (κ2) is 18.0. The molecule has 30 heavy (non-hydrogen) atoms. The van der Waals surface area contributed by atoms with Crippen LogP contribution in [0.25, 0.3) is 0 Å². The minimum Gasteiger partial charge on any atom is -0.463 e. The van der Waals surface area contributed by atoms with E-state index in [4.69, 9.17) is 24.3 Å². The molecule has 0 aromatic heterocycles. The fourth-order valence-corrected chi connectivity index (χ4v) is 4.17. The molecule has 10 heteroatoms. The van der Waals surface area contributed by atoms with Gasteiger partial charge >= 0.3 is 5.97 Å². The molecule has 0 aliphatic carbocycles. The Kier molecular flexibility index (Phi) is 17.0. The maximum atomic E-state index is 11.8. The summed E-state index contributed by atoms with van der Waals surface area (Å²) in [6.07, 6.45) is 3.07. The van der Waals surface area contributed by atoms with Crippen LogP contribution >= 0.6 is 8.53 Å². The molecule has 0 aromatic rings. The Labute approximate surface area is 181 Å². The lowest BCUT2D eigenvalue weighted by Crippen LogP contribution is -2.33. The number of nitriles is 2. The average Bonchev–Trinajstić information content (AvgIpc) is 2.68. The minimum absolute atomic E-state index is 0.0407. The van der Waals surface area contributed by atoms with Gasteiger partial charge in [0.15, 0.2) is 0 Å². The zero-order valence-corrected chi connectivity index (χ0v) is 19.5. The van der Waals surface area contributed by atoms with Crippen molar-refractivity contribution in [3.8, 4) is 12.1 Å². The van der Waals surface area contributed by atoms with E-state index < -0.39 is 14.5 Å². The minimum atomic E-state index is -1.24. The molecule has 0 aromatic carbocycles. The van der Waals surface area contributed by atoms with E-state index in [0.29, 0.717) is 32.5 Å². The largest absolute Gasteiger partial charge is 0.463 e. The lowest BCUT2D eigenvalue weighted by molar-refractivity contribution is -0.143. The predicted molar refractivity (Wildman–Crippen MR) is 114 cm³/mol. The van der Waals surface area contributed by atoms with Crippen LogP contribution in [0, 0.1) is 22.7 Å². The van der Waals surface area contributed by atoms with Crippen LogP contribution in [0.2, 0.25) is 0 Å². The third-order valence-electron chi connectivity index (χ3n) is 3.82. The van der Waals surface area contributed by atoms with Crippen molar-refractivity contribution in [2.24, 2.45) is 0 Å². The third kappa shape index (κ3) is 14.3. The predicted octanol–water partition coefficient (Wildman–Crippen LogP) is 3.41. The zero-order valence-electron chi connectivity index (χ0n) is 18.6. The summed E-state index contributed by atoms with van der Waals surface area (Å²) < 4.78 is 18.8. The number of esters is 1. The molecule has 0 saturated carbocycles. The van der Waals surface area contributed by atoms with Gasteiger partial charge in [-0.1, -0.05) is 6.42 Å². The summed E-state index contributed by atoms with van der Waals surface area (Å²) >= 11 is 0. The number of amides is 1. The standard InChI is InChI=1S/C20H35N4O5P/c1-17(2)24(18(3)4)30(29-15-9-12-22)28-14-7-5-6-10-19(25)23-16-20(26)27-13-8-11-21/h17-18H,5-10,13-16H2,1-4H3,(H,23,25). The van der Waals surface area contributed by atoms with E-state index in [1.807, 2.05) is 6.07 Å². The van der Waals surface area contributed by atoms with Crippen molar-refractivity contribution in [1.82, 2.24) is 9.99 Å². The van der Waals surface area contributed by atoms with Crippen LogP contribution in [0.5, 0.6) is 0 Å². The second-order valence-corrected chi connectivity index (χ2v) is 8.55. The molecule has 0 heterocycles. The molecule has 0 fully saturated rings. The van der Waals surface area contributed by atoms with Gasteiger partial charge in [-0.2, -0.15) is 10.5 Å². The van der Waals surface area contributed by atoms with Gasteiger partial charge in [0.1, 0.15) is 13.2 Å². The molecule has 0 aliphatic rings. The molecule has 0 radical (unpaired) electrons. The van der Waals surface area contributed by atoms with E-state index in [1.54, 1.807) is 0 Å². The van der Waals surface area contributed by atoms with Crippen molar-refractivity contribution in [3.05, 3.63) is 0 Å². The molecule has 1 amide bonds. The Morgan fingerprint density at radius 1 is 0.933 bits per heavy atom. The third-order valence-corrected chi connectivity index (χ3v) is 5.93. The highest BCUT2D eigenvalue weighted by Gasteiger charge is 2.26. The van der Waals surface area contributed by atoms with E-state index in [1.165, 1.54) is 0 Å².